The highest BCUT2D eigenvalue weighted by atomic mass is 35.5. The van der Waals surface area contributed by atoms with Gasteiger partial charge in [0, 0.05) is 10.7 Å². The van der Waals surface area contributed by atoms with E-state index < -0.39 is 0 Å². The van der Waals surface area contributed by atoms with E-state index in [-0.39, 0.29) is 11.7 Å². The van der Waals surface area contributed by atoms with Crippen LogP contribution in [0.2, 0.25) is 5.02 Å². The molecule has 0 heterocycles. The molecular formula is C17H12ClNO2. The van der Waals surface area contributed by atoms with E-state index in [9.17, 15) is 9.90 Å². The molecule has 2 N–H and O–H groups in total. The maximum Gasteiger partial charge on any atom is 0.256 e. The van der Waals surface area contributed by atoms with Crippen LogP contribution in [0.5, 0.6) is 5.75 Å². The number of hydrogen-bond donors (Lipinski definition) is 2. The first-order chi connectivity index (χ1) is 10.1. The maximum atomic E-state index is 12.4. The number of carbonyl (C=O) groups excluding carboxylic acids is 1. The summed E-state index contributed by atoms with van der Waals surface area (Å²) >= 11 is 5.90. The van der Waals surface area contributed by atoms with E-state index in [0.29, 0.717) is 16.3 Å². The summed E-state index contributed by atoms with van der Waals surface area (Å²) < 4.78 is 0. The zero-order valence-electron chi connectivity index (χ0n) is 11.0. The van der Waals surface area contributed by atoms with Crippen molar-refractivity contribution in [1.29, 1.82) is 0 Å². The van der Waals surface area contributed by atoms with Gasteiger partial charge in [-0.15, -0.1) is 0 Å². The summed E-state index contributed by atoms with van der Waals surface area (Å²) in [7, 11) is 0. The molecule has 0 aromatic heterocycles. The van der Waals surface area contributed by atoms with E-state index in [1.54, 1.807) is 30.3 Å². The van der Waals surface area contributed by atoms with Crippen LogP contribution >= 0.6 is 11.6 Å². The Hall–Kier alpha value is -2.52. The van der Waals surface area contributed by atoms with Crippen LogP contribution in [0.3, 0.4) is 0 Å². The van der Waals surface area contributed by atoms with Crippen molar-refractivity contribution in [3.63, 3.8) is 0 Å². The Kier molecular flexibility index (Phi) is 3.50. The van der Waals surface area contributed by atoms with Crippen molar-refractivity contribution in [2.75, 3.05) is 5.32 Å². The molecule has 0 fully saturated rings. The molecule has 3 aromatic rings. The number of fused-ring (bicyclic) bond motifs is 1. The van der Waals surface area contributed by atoms with Crippen LogP contribution in [0.1, 0.15) is 10.4 Å². The number of benzene rings is 3. The largest absolute Gasteiger partial charge is 0.508 e. The van der Waals surface area contributed by atoms with Crippen molar-refractivity contribution < 1.29 is 9.90 Å². The number of rotatable bonds is 2. The average Bonchev–Trinajstić information content (AvgIpc) is 2.46. The number of anilines is 1. The molecule has 0 atom stereocenters. The zero-order chi connectivity index (χ0) is 14.8. The molecule has 0 radical (unpaired) electrons. The summed E-state index contributed by atoms with van der Waals surface area (Å²) in [5.74, 6) is -0.227. The van der Waals surface area contributed by atoms with Crippen LogP contribution in [0.4, 0.5) is 5.69 Å². The van der Waals surface area contributed by atoms with Gasteiger partial charge in [0.15, 0.2) is 0 Å². The minimum absolute atomic E-state index is 0.0601. The fourth-order valence-corrected chi connectivity index (χ4v) is 2.44. The number of carbonyl (C=O) groups is 1. The second-order valence-electron chi connectivity index (χ2n) is 4.68. The normalized spacial score (nSPS) is 10.5. The summed E-state index contributed by atoms with van der Waals surface area (Å²) in [4.78, 5) is 12.4. The van der Waals surface area contributed by atoms with Crippen LogP contribution < -0.4 is 5.32 Å². The standard InChI is InChI=1S/C17H12ClNO2/c18-12-5-3-6-13(9-12)19-17(21)16-10-14(20)8-11-4-1-2-7-15(11)16/h1-10,20H,(H,19,21). The van der Waals surface area contributed by atoms with E-state index in [4.69, 9.17) is 11.6 Å². The van der Waals surface area contributed by atoms with Crippen molar-refractivity contribution in [2.24, 2.45) is 0 Å². The Morgan fingerprint density at radius 1 is 1.00 bits per heavy atom. The Balaban J connectivity index is 2.02. The lowest BCUT2D eigenvalue weighted by molar-refractivity contribution is 0.102. The monoisotopic (exact) mass is 297 g/mol. The van der Waals surface area contributed by atoms with Crippen molar-refractivity contribution in [3.05, 3.63) is 71.2 Å². The van der Waals surface area contributed by atoms with Crippen molar-refractivity contribution in [1.82, 2.24) is 0 Å². The van der Waals surface area contributed by atoms with E-state index in [2.05, 4.69) is 5.32 Å². The molecular weight excluding hydrogens is 286 g/mol. The quantitative estimate of drug-likeness (QED) is 0.734. The highest BCUT2D eigenvalue weighted by Gasteiger charge is 2.12. The highest BCUT2D eigenvalue weighted by Crippen LogP contribution is 2.25. The number of halogens is 1. The third kappa shape index (κ3) is 2.83. The molecule has 0 aliphatic rings. The fourth-order valence-electron chi connectivity index (χ4n) is 2.25. The SMILES string of the molecule is O=C(Nc1cccc(Cl)c1)c1cc(O)cc2ccccc12. The van der Waals surface area contributed by atoms with Gasteiger partial charge in [-0.25, -0.2) is 0 Å². The average molecular weight is 298 g/mol. The minimum Gasteiger partial charge on any atom is -0.508 e. The van der Waals surface area contributed by atoms with Gasteiger partial charge >= 0.3 is 0 Å². The van der Waals surface area contributed by atoms with Gasteiger partial charge in [0.05, 0.1) is 5.56 Å². The van der Waals surface area contributed by atoms with Gasteiger partial charge in [-0.3, -0.25) is 4.79 Å². The Bertz CT molecular complexity index is 830. The lowest BCUT2D eigenvalue weighted by Crippen LogP contribution is -2.12. The lowest BCUT2D eigenvalue weighted by Gasteiger charge is -2.09. The second kappa shape index (κ2) is 5.46. The number of amides is 1. The maximum absolute atomic E-state index is 12.4. The molecule has 104 valence electrons. The molecule has 3 aromatic carbocycles. The number of nitrogens with one attached hydrogen (secondary N) is 1. The molecule has 0 unspecified atom stereocenters. The summed E-state index contributed by atoms with van der Waals surface area (Å²) in [6.45, 7) is 0. The predicted molar refractivity (Wildman–Crippen MR) is 85.0 cm³/mol. The molecule has 21 heavy (non-hydrogen) atoms. The van der Waals surface area contributed by atoms with E-state index >= 15 is 0 Å². The van der Waals surface area contributed by atoms with Crippen molar-refractivity contribution in [2.45, 2.75) is 0 Å². The van der Waals surface area contributed by atoms with Gasteiger partial charge in [0.1, 0.15) is 5.75 Å². The van der Waals surface area contributed by atoms with Gasteiger partial charge in [-0.05, 0) is 41.1 Å². The lowest BCUT2D eigenvalue weighted by atomic mass is 10.0. The highest BCUT2D eigenvalue weighted by molar-refractivity contribution is 6.31. The van der Waals surface area contributed by atoms with Crippen LogP contribution in [0.25, 0.3) is 10.8 Å². The number of phenols is 1. The number of hydrogen-bond acceptors (Lipinski definition) is 2. The summed E-state index contributed by atoms with van der Waals surface area (Å²) in [5.41, 5.74) is 1.03. The van der Waals surface area contributed by atoms with Gasteiger partial charge in [-0.1, -0.05) is 41.9 Å². The van der Waals surface area contributed by atoms with E-state index in [1.165, 1.54) is 6.07 Å². The van der Waals surface area contributed by atoms with Crippen molar-refractivity contribution in [3.8, 4) is 5.75 Å². The molecule has 0 spiro atoms. The zero-order valence-corrected chi connectivity index (χ0v) is 11.8. The number of aromatic hydroxyl groups is 1. The van der Waals surface area contributed by atoms with Crippen LogP contribution in [0.15, 0.2) is 60.7 Å². The summed E-state index contributed by atoms with van der Waals surface area (Å²) in [6.07, 6.45) is 0. The molecule has 3 rings (SSSR count). The van der Waals surface area contributed by atoms with Gasteiger partial charge in [-0.2, -0.15) is 0 Å². The van der Waals surface area contributed by atoms with Crippen LogP contribution in [-0.2, 0) is 0 Å². The Labute approximate surface area is 126 Å². The van der Waals surface area contributed by atoms with Crippen LogP contribution in [0, 0.1) is 0 Å². The number of phenolic OH excluding ortho intramolecular Hbond substituents is 1. The topological polar surface area (TPSA) is 49.3 Å². The first kappa shape index (κ1) is 13.5. The van der Waals surface area contributed by atoms with Crippen LogP contribution in [-0.4, -0.2) is 11.0 Å². The molecule has 0 aliphatic carbocycles. The first-order valence-corrected chi connectivity index (χ1v) is 6.80. The van der Waals surface area contributed by atoms with Gasteiger partial charge in [0.25, 0.3) is 5.91 Å². The minimum atomic E-state index is -0.288. The molecule has 3 nitrogen and oxygen atoms in total. The first-order valence-electron chi connectivity index (χ1n) is 6.42. The third-order valence-electron chi connectivity index (χ3n) is 3.17. The smallest absolute Gasteiger partial charge is 0.256 e. The molecule has 0 bridgehead atoms. The third-order valence-corrected chi connectivity index (χ3v) is 3.41. The Morgan fingerprint density at radius 3 is 2.62 bits per heavy atom. The summed E-state index contributed by atoms with van der Waals surface area (Å²) in [5, 5.41) is 14.7. The second-order valence-corrected chi connectivity index (χ2v) is 5.12. The van der Waals surface area contributed by atoms with Gasteiger partial charge in [0.2, 0.25) is 0 Å². The van der Waals surface area contributed by atoms with Gasteiger partial charge < -0.3 is 10.4 Å². The molecule has 0 saturated heterocycles. The van der Waals surface area contributed by atoms with Crippen molar-refractivity contribution >= 4 is 34.0 Å². The molecule has 4 heteroatoms. The van der Waals surface area contributed by atoms with E-state index in [1.807, 2.05) is 24.3 Å². The summed E-state index contributed by atoms with van der Waals surface area (Å²) in [6, 6.07) is 17.4. The molecule has 0 saturated carbocycles. The fraction of sp³-hybridized carbons (Fsp3) is 0. The molecule has 1 amide bonds. The molecule has 0 aliphatic heterocycles. The predicted octanol–water partition coefficient (Wildman–Crippen LogP) is 4.45. The Morgan fingerprint density at radius 2 is 1.81 bits per heavy atom. The van der Waals surface area contributed by atoms with E-state index in [0.717, 1.165) is 10.8 Å².